The fraction of sp³-hybridized carbons (Fsp3) is 0.364. The average Bonchev–Trinajstić information content (AvgIpc) is 3.08. The van der Waals surface area contributed by atoms with Gasteiger partial charge in [-0.1, -0.05) is 11.8 Å². The van der Waals surface area contributed by atoms with Crippen LogP contribution in [0.5, 0.6) is 0 Å². The lowest BCUT2D eigenvalue weighted by Gasteiger charge is -2.00. The zero-order valence-electron chi connectivity index (χ0n) is 11.2. The maximum atomic E-state index is 11.7. The summed E-state index contributed by atoms with van der Waals surface area (Å²) in [7, 11) is 0. The molecule has 2 aromatic rings. The largest absolute Gasteiger partial charge is 0.466 e. The molecule has 0 spiro atoms. The Kier molecular flexibility index (Phi) is 5.69. The highest BCUT2D eigenvalue weighted by Crippen LogP contribution is 2.17. The number of thioether (sulfide) groups is 1. The van der Waals surface area contributed by atoms with Crippen molar-refractivity contribution < 1.29 is 14.3 Å². The molecule has 0 aliphatic heterocycles. The van der Waals surface area contributed by atoms with Crippen LogP contribution in [0.25, 0.3) is 0 Å². The molecule has 2 heterocycles. The number of nitrogens with zero attached hydrogens (tertiary/aromatic N) is 3. The Morgan fingerprint density at radius 3 is 3.10 bits per heavy atom. The fourth-order valence-corrected chi connectivity index (χ4v) is 2.66. The van der Waals surface area contributed by atoms with Crippen molar-refractivity contribution in [1.29, 1.82) is 0 Å². The standard InChI is InChI=1S/C11H13N5O3S2/c1-2-19-9(18)3-7-4-20-11(14-7)15-8(17)5-21-10-12-6-13-16-10/h4,6H,2-3,5H2,1H3,(H,12,13,16)(H,14,15,17). The first kappa shape index (κ1) is 15.4. The summed E-state index contributed by atoms with van der Waals surface area (Å²) in [6, 6.07) is 0. The topological polar surface area (TPSA) is 110 Å². The molecule has 2 rings (SSSR count). The number of thiazole rings is 1. The molecule has 2 N–H and O–H groups in total. The van der Waals surface area contributed by atoms with Crippen molar-refractivity contribution >= 4 is 40.1 Å². The quantitative estimate of drug-likeness (QED) is 0.578. The molecular weight excluding hydrogens is 314 g/mol. The highest BCUT2D eigenvalue weighted by Gasteiger charge is 2.11. The Labute approximate surface area is 128 Å². The summed E-state index contributed by atoms with van der Waals surface area (Å²) >= 11 is 2.51. The number of hydrogen-bond donors (Lipinski definition) is 2. The lowest BCUT2D eigenvalue weighted by atomic mass is 10.3. The summed E-state index contributed by atoms with van der Waals surface area (Å²) in [6.45, 7) is 2.09. The van der Waals surface area contributed by atoms with Crippen LogP contribution in [0.3, 0.4) is 0 Å². The molecular formula is C11H13N5O3S2. The van der Waals surface area contributed by atoms with Gasteiger partial charge in [0.05, 0.1) is 24.5 Å². The van der Waals surface area contributed by atoms with Crippen molar-refractivity contribution in [3.05, 3.63) is 17.4 Å². The number of rotatable bonds is 7. The van der Waals surface area contributed by atoms with Crippen molar-refractivity contribution in [2.24, 2.45) is 0 Å². The Bertz CT molecular complexity index is 599. The molecule has 0 aliphatic carbocycles. The van der Waals surface area contributed by atoms with Gasteiger partial charge in [0.25, 0.3) is 0 Å². The van der Waals surface area contributed by atoms with Crippen LogP contribution in [0.4, 0.5) is 5.13 Å². The molecule has 0 saturated carbocycles. The van der Waals surface area contributed by atoms with Gasteiger partial charge in [0, 0.05) is 5.38 Å². The molecule has 0 atom stereocenters. The van der Waals surface area contributed by atoms with Crippen LogP contribution in [0.1, 0.15) is 12.6 Å². The van der Waals surface area contributed by atoms with Gasteiger partial charge in [-0.05, 0) is 6.92 Å². The number of nitrogens with one attached hydrogen (secondary N) is 2. The van der Waals surface area contributed by atoms with Gasteiger partial charge in [-0.2, -0.15) is 5.10 Å². The lowest BCUT2D eigenvalue weighted by molar-refractivity contribution is -0.142. The minimum Gasteiger partial charge on any atom is -0.466 e. The number of carbonyl (C=O) groups is 2. The molecule has 0 aliphatic rings. The Morgan fingerprint density at radius 2 is 2.38 bits per heavy atom. The molecule has 1 amide bonds. The fourth-order valence-electron chi connectivity index (χ4n) is 1.36. The summed E-state index contributed by atoms with van der Waals surface area (Å²) in [5, 5.41) is 11.8. The zero-order chi connectivity index (χ0) is 15.1. The predicted octanol–water partition coefficient (Wildman–Crippen LogP) is 1.10. The highest BCUT2D eigenvalue weighted by atomic mass is 32.2. The number of anilines is 1. The van der Waals surface area contributed by atoms with E-state index in [1.165, 1.54) is 29.4 Å². The van der Waals surface area contributed by atoms with Gasteiger partial charge >= 0.3 is 5.97 Å². The molecule has 0 radical (unpaired) electrons. The normalized spacial score (nSPS) is 10.3. The maximum absolute atomic E-state index is 11.7. The molecule has 21 heavy (non-hydrogen) atoms. The second-order valence-electron chi connectivity index (χ2n) is 3.75. The number of aromatic nitrogens is 4. The molecule has 8 nitrogen and oxygen atoms in total. The summed E-state index contributed by atoms with van der Waals surface area (Å²) in [5.74, 6) is -0.336. The Hall–Kier alpha value is -1.94. The van der Waals surface area contributed by atoms with Crippen molar-refractivity contribution in [3.8, 4) is 0 Å². The van der Waals surface area contributed by atoms with Gasteiger partial charge in [-0.3, -0.25) is 14.7 Å². The first-order chi connectivity index (χ1) is 10.2. The van der Waals surface area contributed by atoms with Crippen LogP contribution < -0.4 is 5.32 Å². The van der Waals surface area contributed by atoms with E-state index >= 15 is 0 Å². The van der Waals surface area contributed by atoms with Crippen LogP contribution in [-0.4, -0.2) is 44.4 Å². The van der Waals surface area contributed by atoms with Crippen LogP contribution in [0.15, 0.2) is 16.9 Å². The number of ether oxygens (including phenoxy) is 1. The smallest absolute Gasteiger partial charge is 0.311 e. The third kappa shape index (κ3) is 5.16. The number of amides is 1. The summed E-state index contributed by atoms with van der Waals surface area (Å²) in [5.41, 5.74) is 0.580. The molecule has 0 fully saturated rings. The zero-order valence-corrected chi connectivity index (χ0v) is 12.8. The number of esters is 1. The monoisotopic (exact) mass is 327 g/mol. The SMILES string of the molecule is CCOC(=O)Cc1csc(NC(=O)CSc2ncn[nH]2)n1. The maximum Gasteiger partial charge on any atom is 0.311 e. The first-order valence-electron chi connectivity index (χ1n) is 6.05. The first-order valence-corrected chi connectivity index (χ1v) is 7.92. The molecule has 0 bridgehead atoms. The summed E-state index contributed by atoms with van der Waals surface area (Å²) < 4.78 is 4.83. The van der Waals surface area contributed by atoms with Crippen LogP contribution in [0.2, 0.25) is 0 Å². The van der Waals surface area contributed by atoms with Crippen LogP contribution in [0, 0.1) is 0 Å². The molecule has 112 valence electrons. The van der Waals surface area contributed by atoms with E-state index < -0.39 is 0 Å². The molecule has 0 saturated heterocycles. The van der Waals surface area contributed by atoms with E-state index in [0.717, 1.165) is 0 Å². The lowest BCUT2D eigenvalue weighted by Crippen LogP contribution is -2.14. The number of aromatic amines is 1. The summed E-state index contributed by atoms with van der Waals surface area (Å²) in [6.07, 6.45) is 1.48. The number of hydrogen-bond acceptors (Lipinski definition) is 8. The van der Waals surface area contributed by atoms with Gasteiger partial charge < -0.3 is 10.1 Å². The van der Waals surface area contributed by atoms with Gasteiger partial charge in [0.15, 0.2) is 10.3 Å². The van der Waals surface area contributed by atoms with Gasteiger partial charge in [-0.25, -0.2) is 9.97 Å². The van der Waals surface area contributed by atoms with E-state index in [2.05, 4.69) is 25.5 Å². The minimum absolute atomic E-state index is 0.104. The number of H-pyrrole nitrogens is 1. The molecule has 0 aromatic carbocycles. The second-order valence-corrected chi connectivity index (χ2v) is 5.58. The predicted molar refractivity (Wildman–Crippen MR) is 78.2 cm³/mol. The number of carbonyl (C=O) groups excluding carboxylic acids is 2. The Balaban J connectivity index is 1.78. The van der Waals surface area contributed by atoms with E-state index in [0.29, 0.717) is 22.6 Å². The minimum atomic E-state index is -0.332. The highest BCUT2D eigenvalue weighted by molar-refractivity contribution is 7.99. The molecule has 0 unspecified atom stereocenters. The van der Waals surface area contributed by atoms with Crippen molar-refractivity contribution in [3.63, 3.8) is 0 Å². The average molecular weight is 327 g/mol. The van der Waals surface area contributed by atoms with Crippen molar-refractivity contribution in [1.82, 2.24) is 20.2 Å². The van der Waals surface area contributed by atoms with E-state index in [1.54, 1.807) is 12.3 Å². The second kappa shape index (κ2) is 7.74. The molecule has 2 aromatic heterocycles. The van der Waals surface area contributed by atoms with Crippen LogP contribution >= 0.6 is 23.1 Å². The van der Waals surface area contributed by atoms with Gasteiger partial charge in [-0.15, -0.1) is 11.3 Å². The van der Waals surface area contributed by atoms with E-state index in [-0.39, 0.29) is 24.1 Å². The van der Waals surface area contributed by atoms with Crippen molar-refractivity contribution in [2.45, 2.75) is 18.5 Å². The van der Waals surface area contributed by atoms with E-state index in [4.69, 9.17) is 4.74 Å². The summed E-state index contributed by atoms with van der Waals surface area (Å²) in [4.78, 5) is 31.1. The third-order valence-electron chi connectivity index (χ3n) is 2.16. The Morgan fingerprint density at radius 1 is 1.52 bits per heavy atom. The van der Waals surface area contributed by atoms with E-state index in [1.807, 2.05) is 0 Å². The van der Waals surface area contributed by atoms with Crippen LogP contribution in [-0.2, 0) is 20.7 Å². The van der Waals surface area contributed by atoms with E-state index in [9.17, 15) is 9.59 Å². The van der Waals surface area contributed by atoms with Gasteiger partial charge in [0.2, 0.25) is 5.91 Å². The van der Waals surface area contributed by atoms with Crippen molar-refractivity contribution in [2.75, 3.05) is 17.7 Å². The molecule has 10 heteroatoms. The van der Waals surface area contributed by atoms with Gasteiger partial charge in [0.1, 0.15) is 6.33 Å². The third-order valence-corrected chi connectivity index (χ3v) is 3.84.